The number of hydrogen-bond donors (Lipinski definition) is 1. The first-order valence-corrected chi connectivity index (χ1v) is 5.43. The van der Waals surface area contributed by atoms with Crippen molar-refractivity contribution in [2.45, 2.75) is 45.4 Å². The van der Waals surface area contributed by atoms with Gasteiger partial charge in [-0.2, -0.15) is 0 Å². The molecule has 0 radical (unpaired) electrons. The predicted molar refractivity (Wildman–Crippen MR) is 60.7 cm³/mol. The molecule has 0 rings (SSSR count). The van der Waals surface area contributed by atoms with Crippen molar-refractivity contribution >= 4 is 0 Å². The fourth-order valence-corrected chi connectivity index (χ4v) is 1.20. The molecule has 0 bridgehead atoms. The maximum Gasteiger partial charge on any atom is 0.0109 e. The predicted octanol–water partition coefficient (Wildman–Crippen LogP) is 3.42. The molecule has 0 aromatic heterocycles. The highest BCUT2D eigenvalue weighted by Crippen LogP contribution is 2.05. The highest BCUT2D eigenvalue weighted by atomic mass is 14.5. The lowest BCUT2D eigenvalue weighted by Crippen LogP contribution is -1.91. The normalized spacial score (nSPS) is 11.8. The summed E-state index contributed by atoms with van der Waals surface area (Å²) in [5, 5.41) is 0. The molecular formula is C12H23N. The summed E-state index contributed by atoms with van der Waals surface area (Å²) in [5.74, 6) is 0. The van der Waals surface area contributed by atoms with E-state index >= 15 is 0 Å². The van der Waals surface area contributed by atoms with Crippen LogP contribution in [0.25, 0.3) is 0 Å². The highest BCUT2D eigenvalue weighted by molar-refractivity contribution is 5.02. The van der Waals surface area contributed by atoms with Gasteiger partial charge >= 0.3 is 0 Å². The van der Waals surface area contributed by atoms with Crippen molar-refractivity contribution in [3.8, 4) is 0 Å². The fraction of sp³-hybridized carbons (Fsp3) is 0.667. The fourth-order valence-electron chi connectivity index (χ4n) is 1.20. The van der Waals surface area contributed by atoms with E-state index in [1.807, 2.05) is 12.2 Å². The van der Waals surface area contributed by atoms with E-state index in [-0.39, 0.29) is 0 Å². The zero-order valence-corrected chi connectivity index (χ0v) is 8.84. The van der Waals surface area contributed by atoms with Gasteiger partial charge in [0.2, 0.25) is 0 Å². The molecule has 0 aromatic rings. The molecule has 2 N–H and O–H groups in total. The van der Waals surface area contributed by atoms with Crippen molar-refractivity contribution in [2.75, 3.05) is 6.54 Å². The number of unbranched alkanes of at least 4 members (excludes halogenated alkanes) is 5. The van der Waals surface area contributed by atoms with Gasteiger partial charge in [-0.1, -0.05) is 56.9 Å². The molecule has 0 atom stereocenters. The van der Waals surface area contributed by atoms with Crippen molar-refractivity contribution in [3.05, 3.63) is 24.3 Å². The maximum absolute atomic E-state index is 5.30. The second kappa shape index (κ2) is 11.4. The van der Waals surface area contributed by atoms with Crippen LogP contribution in [0, 0.1) is 0 Å². The van der Waals surface area contributed by atoms with Gasteiger partial charge in [-0.15, -0.1) is 0 Å². The van der Waals surface area contributed by atoms with Crippen LogP contribution in [0.15, 0.2) is 24.3 Å². The smallest absolute Gasteiger partial charge is 0.0109 e. The molecular weight excluding hydrogens is 158 g/mol. The third-order valence-electron chi connectivity index (χ3n) is 1.99. The number of hydrogen-bond acceptors (Lipinski definition) is 1. The van der Waals surface area contributed by atoms with E-state index in [2.05, 4.69) is 19.1 Å². The monoisotopic (exact) mass is 181 g/mol. The molecule has 0 aliphatic heterocycles. The largest absolute Gasteiger partial charge is 0.327 e. The molecule has 1 heteroatoms. The van der Waals surface area contributed by atoms with Crippen molar-refractivity contribution in [3.63, 3.8) is 0 Å². The van der Waals surface area contributed by atoms with Crippen molar-refractivity contribution in [1.82, 2.24) is 0 Å². The summed E-state index contributed by atoms with van der Waals surface area (Å²) in [6.07, 6.45) is 16.3. The number of nitrogens with two attached hydrogens (primary N) is 1. The van der Waals surface area contributed by atoms with Crippen molar-refractivity contribution in [1.29, 1.82) is 0 Å². The summed E-state index contributed by atoms with van der Waals surface area (Å²) in [4.78, 5) is 0. The van der Waals surface area contributed by atoms with Gasteiger partial charge in [0, 0.05) is 6.54 Å². The third kappa shape index (κ3) is 11.4. The summed E-state index contributed by atoms with van der Waals surface area (Å²) in [5.41, 5.74) is 5.30. The molecule has 0 unspecified atom stereocenters. The SMILES string of the molecule is CCCCCCCC=C/C=C/CN. The quantitative estimate of drug-likeness (QED) is 0.450. The van der Waals surface area contributed by atoms with E-state index in [1.54, 1.807) is 0 Å². The van der Waals surface area contributed by atoms with E-state index in [9.17, 15) is 0 Å². The molecule has 0 saturated carbocycles. The lowest BCUT2D eigenvalue weighted by atomic mass is 10.1. The Morgan fingerprint density at radius 3 is 2.31 bits per heavy atom. The van der Waals surface area contributed by atoms with Crippen LogP contribution in [0.4, 0.5) is 0 Å². The lowest BCUT2D eigenvalue weighted by molar-refractivity contribution is 0.637. The van der Waals surface area contributed by atoms with Gasteiger partial charge in [-0.25, -0.2) is 0 Å². The Kier molecular flexibility index (Phi) is 10.9. The van der Waals surface area contributed by atoms with Gasteiger partial charge < -0.3 is 5.73 Å². The minimum absolute atomic E-state index is 0.640. The summed E-state index contributed by atoms with van der Waals surface area (Å²) < 4.78 is 0. The number of allylic oxidation sites excluding steroid dienone is 3. The van der Waals surface area contributed by atoms with Gasteiger partial charge in [0.05, 0.1) is 0 Å². The Balaban J connectivity index is 3.06. The zero-order chi connectivity index (χ0) is 9.78. The first kappa shape index (κ1) is 12.4. The Labute approximate surface area is 82.7 Å². The van der Waals surface area contributed by atoms with Gasteiger partial charge in [0.15, 0.2) is 0 Å². The van der Waals surface area contributed by atoms with Crippen LogP contribution >= 0.6 is 0 Å². The Morgan fingerprint density at radius 2 is 1.62 bits per heavy atom. The third-order valence-corrected chi connectivity index (χ3v) is 1.99. The molecule has 13 heavy (non-hydrogen) atoms. The Morgan fingerprint density at radius 1 is 0.923 bits per heavy atom. The zero-order valence-electron chi connectivity index (χ0n) is 8.84. The number of rotatable bonds is 8. The standard InChI is InChI=1S/C12H23N/c1-2-3-4-5-6-7-8-9-10-11-12-13/h8-11H,2-7,12-13H2,1H3/b9-8?,11-10+. The van der Waals surface area contributed by atoms with Crippen molar-refractivity contribution in [2.24, 2.45) is 5.73 Å². The van der Waals surface area contributed by atoms with Crippen LogP contribution in [-0.4, -0.2) is 6.54 Å². The maximum atomic E-state index is 5.30. The Hall–Kier alpha value is -0.560. The van der Waals surface area contributed by atoms with Crippen LogP contribution in [0.3, 0.4) is 0 Å². The van der Waals surface area contributed by atoms with E-state index in [0.717, 1.165) is 0 Å². The molecule has 0 heterocycles. The average molecular weight is 181 g/mol. The molecule has 76 valence electrons. The Bertz CT molecular complexity index is 136. The van der Waals surface area contributed by atoms with Crippen LogP contribution < -0.4 is 5.73 Å². The minimum Gasteiger partial charge on any atom is -0.327 e. The van der Waals surface area contributed by atoms with Crippen LogP contribution in [0.1, 0.15) is 45.4 Å². The summed E-state index contributed by atoms with van der Waals surface area (Å²) in [6.45, 7) is 2.89. The molecule has 0 amide bonds. The van der Waals surface area contributed by atoms with Crippen LogP contribution in [0.5, 0.6) is 0 Å². The van der Waals surface area contributed by atoms with E-state index in [4.69, 9.17) is 5.73 Å². The first-order chi connectivity index (χ1) is 6.41. The van der Waals surface area contributed by atoms with Gasteiger partial charge in [-0.3, -0.25) is 0 Å². The van der Waals surface area contributed by atoms with Crippen molar-refractivity contribution < 1.29 is 0 Å². The molecule has 0 aliphatic carbocycles. The van der Waals surface area contributed by atoms with Gasteiger partial charge in [-0.05, 0) is 12.8 Å². The minimum atomic E-state index is 0.640. The molecule has 1 nitrogen and oxygen atoms in total. The van der Waals surface area contributed by atoms with Gasteiger partial charge in [0.25, 0.3) is 0 Å². The van der Waals surface area contributed by atoms with Gasteiger partial charge in [0.1, 0.15) is 0 Å². The van der Waals surface area contributed by atoms with E-state index < -0.39 is 0 Å². The lowest BCUT2D eigenvalue weighted by Gasteiger charge is -1.95. The second-order valence-corrected chi connectivity index (χ2v) is 3.29. The second-order valence-electron chi connectivity index (χ2n) is 3.29. The first-order valence-electron chi connectivity index (χ1n) is 5.43. The summed E-state index contributed by atoms with van der Waals surface area (Å²) in [7, 11) is 0. The molecule has 0 fully saturated rings. The van der Waals surface area contributed by atoms with E-state index in [1.165, 1.54) is 38.5 Å². The molecule has 0 aliphatic rings. The summed E-state index contributed by atoms with van der Waals surface area (Å²) >= 11 is 0. The average Bonchev–Trinajstić information content (AvgIpc) is 2.16. The molecule has 0 aromatic carbocycles. The van der Waals surface area contributed by atoms with Crippen LogP contribution in [0.2, 0.25) is 0 Å². The topological polar surface area (TPSA) is 26.0 Å². The van der Waals surface area contributed by atoms with E-state index in [0.29, 0.717) is 6.54 Å². The highest BCUT2D eigenvalue weighted by Gasteiger charge is 1.85. The summed E-state index contributed by atoms with van der Waals surface area (Å²) in [6, 6.07) is 0. The van der Waals surface area contributed by atoms with Crippen LogP contribution in [-0.2, 0) is 0 Å². The molecule has 0 spiro atoms. The molecule has 0 saturated heterocycles.